The Bertz CT molecular complexity index is 1170. The van der Waals surface area contributed by atoms with Crippen LogP contribution in [0.3, 0.4) is 0 Å². The molecule has 0 saturated heterocycles. The molecule has 0 radical (unpaired) electrons. The van der Waals surface area contributed by atoms with E-state index in [0.29, 0.717) is 24.1 Å². The number of allylic oxidation sites excluding steroid dienone is 1. The van der Waals surface area contributed by atoms with E-state index in [1.807, 2.05) is 19.1 Å². The number of benzene rings is 2. The average Bonchev–Trinajstić information content (AvgIpc) is 2.84. The van der Waals surface area contributed by atoms with Crippen molar-refractivity contribution in [2.24, 2.45) is 0 Å². The lowest BCUT2D eigenvalue weighted by molar-refractivity contribution is -0.384. The maximum atomic E-state index is 12.8. The van der Waals surface area contributed by atoms with Crippen LogP contribution in [0.2, 0.25) is 0 Å². The Hall–Kier alpha value is -4.21. The smallest absolute Gasteiger partial charge is 0.335 e. The van der Waals surface area contributed by atoms with E-state index in [-0.39, 0.29) is 29.4 Å². The van der Waals surface area contributed by atoms with Crippen molar-refractivity contribution < 1.29 is 24.4 Å². The first-order valence-electron chi connectivity index (χ1n) is 11.2. The number of hydrogen-bond acceptors (Lipinski definition) is 5. The zero-order valence-corrected chi connectivity index (χ0v) is 19.9. The molecule has 1 atom stereocenters. The lowest BCUT2D eigenvalue weighted by Gasteiger charge is -2.37. The molecule has 1 unspecified atom stereocenters. The Morgan fingerprint density at radius 3 is 2.49 bits per heavy atom. The summed E-state index contributed by atoms with van der Waals surface area (Å²) in [5.41, 5.74) is 1.93. The Kier molecular flexibility index (Phi) is 7.85. The number of amides is 3. The zero-order valence-electron chi connectivity index (χ0n) is 19.9. The molecule has 184 valence electrons. The van der Waals surface area contributed by atoms with Gasteiger partial charge in [0, 0.05) is 43.5 Å². The van der Waals surface area contributed by atoms with Gasteiger partial charge in [-0.25, -0.2) is 9.59 Å². The number of nitro benzene ring substituents is 1. The van der Waals surface area contributed by atoms with Crippen molar-refractivity contribution in [2.75, 3.05) is 20.1 Å². The molecule has 3 amide bonds. The summed E-state index contributed by atoms with van der Waals surface area (Å²) in [6, 6.07) is 11.5. The van der Waals surface area contributed by atoms with Gasteiger partial charge in [-0.05, 0) is 43.0 Å². The summed E-state index contributed by atoms with van der Waals surface area (Å²) in [6.07, 6.45) is 1.25. The van der Waals surface area contributed by atoms with Gasteiger partial charge < -0.3 is 20.2 Å². The van der Waals surface area contributed by atoms with Crippen LogP contribution >= 0.6 is 0 Å². The van der Waals surface area contributed by atoms with E-state index in [9.17, 15) is 29.6 Å². The second-order valence-electron chi connectivity index (χ2n) is 8.35. The molecule has 0 aliphatic carbocycles. The van der Waals surface area contributed by atoms with Gasteiger partial charge in [0.1, 0.15) is 0 Å². The molecule has 0 fully saturated rings. The molecule has 3 rings (SSSR count). The molecule has 1 heterocycles. The van der Waals surface area contributed by atoms with E-state index in [0.717, 1.165) is 12.0 Å². The molecule has 2 aromatic carbocycles. The minimum atomic E-state index is -1.23. The number of urea groups is 1. The lowest BCUT2D eigenvalue weighted by Crippen LogP contribution is -2.49. The van der Waals surface area contributed by atoms with Crippen LogP contribution in [0.5, 0.6) is 0 Å². The van der Waals surface area contributed by atoms with Gasteiger partial charge in [0.15, 0.2) is 0 Å². The van der Waals surface area contributed by atoms with Gasteiger partial charge >= 0.3 is 12.0 Å². The van der Waals surface area contributed by atoms with Gasteiger partial charge in [0.2, 0.25) is 0 Å². The van der Waals surface area contributed by atoms with Crippen LogP contribution in [0.4, 0.5) is 10.5 Å². The quantitative estimate of drug-likeness (QED) is 0.415. The van der Waals surface area contributed by atoms with E-state index in [1.165, 1.54) is 30.0 Å². The topological polar surface area (TPSA) is 133 Å². The fourth-order valence-corrected chi connectivity index (χ4v) is 4.12. The average molecular weight is 481 g/mol. The molecule has 0 spiro atoms. The van der Waals surface area contributed by atoms with Gasteiger partial charge in [-0.1, -0.05) is 31.2 Å². The van der Waals surface area contributed by atoms with Crippen LogP contribution in [0.25, 0.3) is 0 Å². The first kappa shape index (κ1) is 25.4. The number of carboxylic acid groups (broad SMARTS) is 1. The largest absolute Gasteiger partial charge is 0.478 e. The molecular weight excluding hydrogens is 452 g/mol. The fourth-order valence-electron chi connectivity index (χ4n) is 4.12. The van der Waals surface area contributed by atoms with Gasteiger partial charge in [0.05, 0.1) is 16.5 Å². The minimum absolute atomic E-state index is 0.0643. The molecule has 10 nitrogen and oxygen atoms in total. The second kappa shape index (κ2) is 10.8. The number of hydrogen-bond donors (Lipinski definition) is 2. The molecule has 0 bridgehead atoms. The van der Waals surface area contributed by atoms with Crippen LogP contribution < -0.4 is 5.32 Å². The third-order valence-corrected chi connectivity index (χ3v) is 6.02. The van der Waals surface area contributed by atoms with Gasteiger partial charge in [-0.2, -0.15) is 0 Å². The predicted molar refractivity (Wildman–Crippen MR) is 129 cm³/mol. The van der Waals surface area contributed by atoms with Gasteiger partial charge in [-0.15, -0.1) is 0 Å². The highest BCUT2D eigenvalue weighted by Crippen LogP contribution is 2.35. The molecule has 35 heavy (non-hydrogen) atoms. The van der Waals surface area contributed by atoms with Crippen LogP contribution in [-0.4, -0.2) is 57.9 Å². The number of carboxylic acids is 1. The number of nitro groups is 1. The maximum Gasteiger partial charge on any atom is 0.335 e. The number of carbonyl (C=O) groups excluding carboxylic acids is 2. The van der Waals surface area contributed by atoms with Gasteiger partial charge in [-0.3, -0.25) is 14.9 Å². The monoisotopic (exact) mass is 480 g/mol. The van der Waals surface area contributed by atoms with Crippen LogP contribution in [0.1, 0.15) is 47.8 Å². The molecule has 0 saturated carbocycles. The summed E-state index contributed by atoms with van der Waals surface area (Å²) >= 11 is 0. The van der Waals surface area contributed by atoms with Crippen LogP contribution in [0, 0.1) is 10.1 Å². The van der Waals surface area contributed by atoms with Crippen LogP contribution in [-0.2, 0) is 11.2 Å². The normalized spacial score (nSPS) is 15.6. The van der Waals surface area contributed by atoms with E-state index < -0.39 is 23.0 Å². The molecule has 1 aliphatic rings. The number of rotatable bonds is 9. The lowest BCUT2D eigenvalue weighted by atomic mass is 9.93. The molecule has 1 aliphatic heterocycles. The standard InChI is InChI=1S/C25H28N4O6/c1-4-17-9-11-18(12-10-17)23(30)27(3)13-6-14-28-22(19-7-5-8-20(15-19)29(34)35)21(24(31)32)16(2)26-25(28)33/h5,7-12,15,22H,4,6,13-14H2,1-3H3,(H,26,33)(H,31,32). The minimum Gasteiger partial charge on any atom is -0.478 e. The highest BCUT2D eigenvalue weighted by molar-refractivity contribution is 5.94. The van der Waals surface area contributed by atoms with E-state index in [2.05, 4.69) is 5.32 Å². The maximum absolute atomic E-state index is 12.8. The van der Waals surface area contributed by atoms with Crippen molar-refractivity contribution in [2.45, 2.75) is 32.7 Å². The van der Waals surface area contributed by atoms with Crippen molar-refractivity contribution in [3.05, 3.63) is 86.6 Å². The van der Waals surface area contributed by atoms with Crippen molar-refractivity contribution in [1.29, 1.82) is 0 Å². The first-order valence-corrected chi connectivity index (χ1v) is 11.2. The van der Waals surface area contributed by atoms with Gasteiger partial charge in [0.25, 0.3) is 11.6 Å². The summed E-state index contributed by atoms with van der Waals surface area (Å²) in [5.74, 6) is -1.39. The van der Waals surface area contributed by atoms with Crippen molar-refractivity contribution in [3.8, 4) is 0 Å². The highest BCUT2D eigenvalue weighted by Gasteiger charge is 2.38. The number of non-ortho nitro benzene ring substituents is 1. The number of nitrogens with one attached hydrogen (secondary N) is 1. The van der Waals surface area contributed by atoms with Crippen LogP contribution in [0.15, 0.2) is 59.8 Å². The van der Waals surface area contributed by atoms with Crippen molar-refractivity contribution in [3.63, 3.8) is 0 Å². The zero-order chi connectivity index (χ0) is 25.7. The van der Waals surface area contributed by atoms with E-state index in [4.69, 9.17) is 0 Å². The Balaban J connectivity index is 1.80. The van der Waals surface area contributed by atoms with E-state index >= 15 is 0 Å². The summed E-state index contributed by atoms with van der Waals surface area (Å²) in [6.45, 7) is 3.98. The predicted octanol–water partition coefficient (Wildman–Crippen LogP) is 3.74. The van der Waals surface area contributed by atoms with Crippen molar-refractivity contribution >= 4 is 23.6 Å². The number of aliphatic carboxylic acids is 1. The number of nitrogens with zero attached hydrogens (tertiary/aromatic N) is 3. The number of aryl methyl sites for hydroxylation is 1. The summed E-state index contributed by atoms with van der Waals surface area (Å²) in [7, 11) is 1.66. The van der Waals surface area contributed by atoms with Crippen molar-refractivity contribution in [1.82, 2.24) is 15.1 Å². The SMILES string of the molecule is CCc1ccc(C(=O)N(C)CCCN2C(=O)NC(C)=C(C(=O)O)C2c2cccc([N+](=O)[O-])c2)cc1. The third-order valence-electron chi connectivity index (χ3n) is 6.02. The summed E-state index contributed by atoms with van der Waals surface area (Å²) < 4.78 is 0. The first-order chi connectivity index (χ1) is 16.6. The number of carbonyl (C=O) groups is 3. The molecule has 0 aromatic heterocycles. The summed E-state index contributed by atoms with van der Waals surface area (Å²) in [5, 5.41) is 23.7. The third kappa shape index (κ3) is 5.65. The molecule has 2 N–H and O–H groups in total. The summed E-state index contributed by atoms with van der Waals surface area (Å²) in [4.78, 5) is 51.2. The molecular formula is C25H28N4O6. The highest BCUT2D eigenvalue weighted by atomic mass is 16.6. The Morgan fingerprint density at radius 2 is 1.89 bits per heavy atom. The second-order valence-corrected chi connectivity index (χ2v) is 8.35. The molecule has 10 heteroatoms. The Morgan fingerprint density at radius 1 is 1.20 bits per heavy atom. The Labute approximate surface area is 203 Å². The fraction of sp³-hybridized carbons (Fsp3) is 0.320. The molecule has 2 aromatic rings. The van der Waals surface area contributed by atoms with E-state index in [1.54, 1.807) is 30.1 Å².